The van der Waals surface area contributed by atoms with Gasteiger partial charge in [-0.25, -0.2) is 0 Å². The molecule has 2 aromatic rings. The number of ether oxygens (including phenoxy) is 1. The molecule has 0 N–H and O–H groups in total. The van der Waals surface area contributed by atoms with Gasteiger partial charge in [0.15, 0.2) is 5.78 Å². The van der Waals surface area contributed by atoms with E-state index in [0.717, 1.165) is 21.5 Å². The second-order valence-corrected chi connectivity index (χ2v) is 5.40. The van der Waals surface area contributed by atoms with Crippen LogP contribution in [-0.4, -0.2) is 23.1 Å². The van der Waals surface area contributed by atoms with Crippen molar-refractivity contribution in [3.63, 3.8) is 0 Å². The highest BCUT2D eigenvalue weighted by atomic mass is 79.9. The Balaban J connectivity index is 2.30. The molecule has 0 fully saturated rings. The van der Waals surface area contributed by atoms with E-state index in [1.54, 1.807) is 20.1 Å². The van der Waals surface area contributed by atoms with Crippen molar-refractivity contribution in [2.24, 2.45) is 0 Å². The molecule has 0 spiro atoms. The third-order valence-electron chi connectivity index (χ3n) is 3.01. The fraction of sp³-hybridized carbons (Fsp3) is 0.267. The Morgan fingerprint density at radius 2 is 2.00 bits per heavy atom. The van der Waals surface area contributed by atoms with Crippen molar-refractivity contribution >= 4 is 21.7 Å². The van der Waals surface area contributed by atoms with Crippen LogP contribution < -0.4 is 4.74 Å². The molecule has 0 aliphatic heterocycles. The van der Waals surface area contributed by atoms with Crippen LogP contribution in [-0.2, 0) is 6.42 Å². The number of aromatic nitrogens is 2. The first-order chi connectivity index (χ1) is 9.51. The normalized spacial score (nSPS) is 10.4. The predicted molar refractivity (Wildman–Crippen MR) is 80.2 cm³/mol. The third-order valence-corrected chi connectivity index (χ3v) is 3.78. The molecule has 0 bridgehead atoms. The lowest BCUT2D eigenvalue weighted by Crippen LogP contribution is -2.09. The maximum Gasteiger partial charge on any atom is 0.169 e. The van der Waals surface area contributed by atoms with Crippen molar-refractivity contribution in [2.75, 3.05) is 7.11 Å². The van der Waals surface area contributed by atoms with Gasteiger partial charge < -0.3 is 4.74 Å². The third kappa shape index (κ3) is 3.22. The molecule has 0 aliphatic rings. The topological polar surface area (TPSA) is 52.1 Å². The molecule has 4 nitrogen and oxygen atoms in total. The molecule has 1 aromatic heterocycles. The fourth-order valence-electron chi connectivity index (χ4n) is 1.91. The number of hydrogen-bond acceptors (Lipinski definition) is 4. The molecule has 2 rings (SSSR count). The molecule has 0 saturated carbocycles. The Morgan fingerprint density at radius 1 is 1.25 bits per heavy atom. The molecule has 5 heteroatoms. The number of ketones is 1. The van der Waals surface area contributed by atoms with Gasteiger partial charge in [-0.2, -0.15) is 10.2 Å². The number of nitrogens with zero attached hydrogens (tertiary/aromatic N) is 2. The van der Waals surface area contributed by atoms with Crippen LogP contribution in [0.25, 0.3) is 0 Å². The number of methoxy groups -OCH3 is 1. The first kappa shape index (κ1) is 14.7. The monoisotopic (exact) mass is 334 g/mol. The van der Waals surface area contributed by atoms with Gasteiger partial charge in [0.1, 0.15) is 5.75 Å². The Bertz CT molecular complexity index is 656. The number of hydrogen-bond donors (Lipinski definition) is 0. The van der Waals surface area contributed by atoms with Gasteiger partial charge in [-0.3, -0.25) is 4.79 Å². The van der Waals surface area contributed by atoms with E-state index in [0.29, 0.717) is 17.7 Å². The van der Waals surface area contributed by atoms with Gasteiger partial charge in [-0.15, -0.1) is 0 Å². The largest absolute Gasteiger partial charge is 0.497 e. The minimum Gasteiger partial charge on any atom is -0.497 e. The summed E-state index contributed by atoms with van der Waals surface area (Å²) in [7, 11) is 1.61. The van der Waals surface area contributed by atoms with Gasteiger partial charge in [-0.05, 0) is 43.7 Å². The molecule has 0 unspecified atom stereocenters. The second-order valence-electron chi connectivity index (χ2n) is 4.54. The van der Waals surface area contributed by atoms with E-state index < -0.39 is 0 Å². The molecule has 0 amide bonds. The van der Waals surface area contributed by atoms with Crippen molar-refractivity contribution < 1.29 is 9.53 Å². The van der Waals surface area contributed by atoms with Crippen LogP contribution in [0, 0.1) is 13.8 Å². The zero-order chi connectivity index (χ0) is 14.7. The summed E-state index contributed by atoms with van der Waals surface area (Å²) in [5.74, 6) is 0.756. The van der Waals surface area contributed by atoms with E-state index in [2.05, 4.69) is 26.1 Å². The molecule has 20 heavy (non-hydrogen) atoms. The average Bonchev–Trinajstić information content (AvgIpc) is 2.43. The summed E-state index contributed by atoms with van der Waals surface area (Å²) in [6, 6.07) is 7.36. The lowest BCUT2D eigenvalue weighted by atomic mass is 10.0. The maximum absolute atomic E-state index is 12.4. The van der Waals surface area contributed by atoms with Gasteiger partial charge >= 0.3 is 0 Å². The van der Waals surface area contributed by atoms with Crippen molar-refractivity contribution in [1.82, 2.24) is 10.2 Å². The maximum atomic E-state index is 12.4. The number of carbonyl (C=O) groups is 1. The van der Waals surface area contributed by atoms with Crippen molar-refractivity contribution in [3.8, 4) is 5.75 Å². The zero-order valence-corrected chi connectivity index (χ0v) is 13.2. The van der Waals surface area contributed by atoms with Gasteiger partial charge in [0.25, 0.3) is 0 Å². The van der Waals surface area contributed by atoms with E-state index >= 15 is 0 Å². The quantitative estimate of drug-likeness (QED) is 0.805. The van der Waals surface area contributed by atoms with E-state index in [1.165, 1.54) is 0 Å². The number of carbonyl (C=O) groups excluding carboxylic acids is 1. The van der Waals surface area contributed by atoms with Crippen LogP contribution in [0.5, 0.6) is 5.75 Å². The first-order valence-electron chi connectivity index (χ1n) is 6.18. The highest BCUT2D eigenvalue weighted by Gasteiger charge is 2.14. The van der Waals surface area contributed by atoms with Crippen molar-refractivity contribution in [1.29, 1.82) is 0 Å². The average molecular weight is 335 g/mol. The van der Waals surface area contributed by atoms with Crippen molar-refractivity contribution in [3.05, 3.63) is 51.3 Å². The summed E-state index contributed by atoms with van der Waals surface area (Å²) in [6.45, 7) is 3.62. The Hall–Kier alpha value is -1.75. The number of benzene rings is 1. The van der Waals surface area contributed by atoms with Crippen LogP contribution in [0.2, 0.25) is 0 Å². The smallest absolute Gasteiger partial charge is 0.169 e. The lowest BCUT2D eigenvalue weighted by Gasteiger charge is -2.08. The first-order valence-corrected chi connectivity index (χ1v) is 6.97. The number of halogens is 1. The van der Waals surface area contributed by atoms with Gasteiger partial charge in [0.2, 0.25) is 0 Å². The van der Waals surface area contributed by atoms with Crippen LogP contribution in [0.3, 0.4) is 0 Å². The fourth-order valence-corrected chi connectivity index (χ4v) is 2.30. The summed E-state index contributed by atoms with van der Waals surface area (Å²) in [5, 5.41) is 7.93. The lowest BCUT2D eigenvalue weighted by molar-refractivity contribution is 0.0991. The van der Waals surface area contributed by atoms with E-state index in [-0.39, 0.29) is 5.78 Å². The Labute approximate surface area is 126 Å². The van der Waals surface area contributed by atoms with Crippen LogP contribution in [0.1, 0.15) is 27.3 Å². The van der Waals surface area contributed by atoms with Crippen LogP contribution in [0.4, 0.5) is 0 Å². The van der Waals surface area contributed by atoms with E-state index in [4.69, 9.17) is 4.74 Å². The molecule has 1 heterocycles. The minimum atomic E-state index is 0.0226. The molecule has 1 aromatic carbocycles. The highest BCUT2D eigenvalue weighted by Crippen LogP contribution is 2.24. The summed E-state index contributed by atoms with van der Waals surface area (Å²) in [5.41, 5.74) is 2.90. The number of aryl methyl sites for hydroxylation is 2. The predicted octanol–water partition coefficient (Wildman–Crippen LogP) is 3.29. The molecular formula is C15H15BrN2O2. The molecule has 0 saturated heterocycles. The summed E-state index contributed by atoms with van der Waals surface area (Å²) >= 11 is 3.46. The van der Waals surface area contributed by atoms with E-state index in [9.17, 15) is 4.79 Å². The van der Waals surface area contributed by atoms with Crippen molar-refractivity contribution in [2.45, 2.75) is 20.3 Å². The van der Waals surface area contributed by atoms with Gasteiger partial charge in [0.05, 0.1) is 18.5 Å². The molecule has 0 aliphatic carbocycles. The summed E-state index contributed by atoms with van der Waals surface area (Å²) < 4.78 is 6.08. The summed E-state index contributed by atoms with van der Waals surface area (Å²) in [6.07, 6.45) is 0.295. The second kappa shape index (κ2) is 6.13. The molecule has 0 atom stereocenters. The van der Waals surface area contributed by atoms with Gasteiger partial charge in [0, 0.05) is 16.5 Å². The molecule has 104 valence electrons. The number of rotatable bonds is 4. The zero-order valence-electron chi connectivity index (χ0n) is 11.6. The van der Waals surface area contributed by atoms with E-state index in [1.807, 2.05) is 25.1 Å². The Kier molecular flexibility index (Phi) is 4.49. The molecular weight excluding hydrogens is 320 g/mol. The SMILES string of the molecule is COc1ccc(Br)c(CC(=O)c2cc(C)nnc2C)c1. The van der Waals surface area contributed by atoms with Crippen LogP contribution in [0.15, 0.2) is 28.7 Å². The van der Waals surface area contributed by atoms with Gasteiger partial charge in [-0.1, -0.05) is 15.9 Å². The highest BCUT2D eigenvalue weighted by molar-refractivity contribution is 9.10. The Morgan fingerprint density at radius 3 is 2.70 bits per heavy atom. The molecule has 0 radical (unpaired) electrons. The minimum absolute atomic E-state index is 0.0226. The standard InChI is InChI=1S/C15H15BrN2O2/c1-9-6-13(10(2)18-17-9)15(19)8-11-7-12(20-3)4-5-14(11)16/h4-7H,8H2,1-3H3. The van der Waals surface area contributed by atoms with Crippen LogP contribution >= 0.6 is 15.9 Å². The summed E-state index contributed by atoms with van der Waals surface area (Å²) in [4.78, 5) is 12.4. The number of Topliss-reactive ketones (excluding diaryl/α,β-unsaturated/α-hetero) is 1.